The van der Waals surface area contributed by atoms with E-state index in [-0.39, 0.29) is 0 Å². The molecule has 1 saturated carbocycles. The molecule has 3 heteroatoms. The van der Waals surface area contributed by atoms with Crippen LogP contribution in [0.3, 0.4) is 0 Å². The van der Waals surface area contributed by atoms with Crippen LogP contribution in [0.25, 0.3) is 0 Å². The van der Waals surface area contributed by atoms with Crippen LogP contribution in [0.15, 0.2) is 12.5 Å². The maximum atomic E-state index is 5.55. The van der Waals surface area contributed by atoms with Crippen LogP contribution in [-0.2, 0) is 6.54 Å². The van der Waals surface area contributed by atoms with E-state index in [9.17, 15) is 0 Å². The van der Waals surface area contributed by atoms with Crippen LogP contribution < -0.4 is 5.73 Å². The van der Waals surface area contributed by atoms with Crippen LogP contribution in [0.4, 0.5) is 0 Å². The molecular weight excluding hydrogens is 138 g/mol. The molecule has 0 aliphatic heterocycles. The minimum absolute atomic E-state index is 0.608. The number of imidazole rings is 1. The molecule has 0 atom stereocenters. The highest BCUT2D eigenvalue weighted by atomic mass is 15.1. The second kappa shape index (κ2) is 2.66. The van der Waals surface area contributed by atoms with E-state index >= 15 is 0 Å². The Morgan fingerprint density at radius 1 is 1.64 bits per heavy atom. The predicted molar refractivity (Wildman–Crippen MR) is 43.0 cm³/mol. The van der Waals surface area contributed by atoms with Crippen LogP contribution in [0, 0.1) is 0 Å². The summed E-state index contributed by atoms with van der Waals surface area (Å²) in [6.07, 6.45) is 7.70. The van der Waals surface area contributed by atoms with Crippen LogP contribution in [0.5, 0.6) is 0 Å². The van der Waals surface area contributed by atoms with Crippen molar-refractivity contribution in [3.05, 3.63) is 18.2 Å². The van der Waals surface area contributed by atoms with Crippen molar-refractivity contribution >= 4 is 0 Å². The van der Waals surface area contributed by atoms with Gasteiger partial charge < -0.3 is 10.3 Å². The zero-order chi connectivity index (χ0) is 7.68. The lowest BCUT2D eigenvalue weighted by Gasteiger charge is -2.28. The van der Waals surface area contributed by atoms with Gasteiger partial charge in [-0.1, -0.05) is 0 Å². The van der Waals surface area contributed by atoms with Crippen LogP contribution in [-0.4, -0.2) is 9.55 Å². The summed E-state index contributed by atoms with van der Waals surface area (Å²) in [6.45, 7) is 0.608. The molecule has 0 aromatic carbocycles. The van der Waals surface area contributed by atoms with E-state index < -0.39 is 0 Å². The summed E-state index contributed by atoms with van der Waals surface area (Å²) in [5.74, 6) is 0. The molecule has 1 aliphatic carbocycles. The molecule has 2 rings (SSSR count). The highest BCUT2D eigenvalue weighted by Crippen LogP contribution is 2.31. The van der Waals surface area contributed by atoms with Gasteiger partial charge in [-0.2, -0.15) is 0 Å². The summed E-state index contributed by atoms with van der Waals surface area (Å²) in [5.41, 5.74) is 6.71. The molecule has 60 valence electrons. The molecule has 0 radical (unpaired) electrons. The maximum absolute atomic E-state index is 5.55. The lowest BCUT2D eigenvalue weighted by atomic mass is 9.93. The number of rotatable bonds is 2. The van der Waals surface area contributed by atoms with Gasteiger partial charge in [-0.25, -0.2) is 4.98 Å². The van der Waals surface area contributed by atoms with Crippen molar-refractivity contribution in [3.8, 4) is 0 Å². The minimum atomic E-state index is 0.608. The third-order valence-electron chi connectivity index (χ3n) is 2.42. The highest BCUT2D eigenvalue weighted by molar-refractivity contribution is 5.00. The van der Waals surface area contributed by atoms with Gasteiger partial charge in [0.15, 0.2) is 0 Å². The van der Waals surface area contributed by atoms with E-state index in [2.05, 4.69) is 9.55 Å². The molecule has 1 aromatic rings. The first-order chi connectivity index (χ1) is 5.42. The number of aromatic nitrogens is 2. The van der Waals surface area contributed by atoms with Gasteiger partial charge in [-0.15, -0.1) is 0 Å². The molecule has 0 spiro atoms. The lowest BCUT2D eigenvalue weighted by Crippen LogP contribution is -2.19. The van der Waals surface area contributed by atoms with Crippen molar-refractivity contribution in [3.63, 3.8) is 0 Å². The molecule has 1 aliphatic rings. The molecule has 0 bridgehead atoms. The molecule has 0 saturated heterocycles. The molecule has 11 heavy (non-hydrogen) atoms. The van der Waals surface area contributed by atoms with Crippen molar-refractivity contribution in [2.45, 2.75) is 31.8 Å². The molecule has 0 amide bonds. The van der Waals surface area contributed by atoms with Gasteiger partial charge in [0.1, 0.15) is 0 Å². The van der Waals surface area contributed by atoms with Crippen molar-refractivity contribution in [2.24, 2.45) is 5.73 Å². The fraction of sp³-hybridized carbons (Fsp3) is 0.625. The Hall–Kier alpha value is -0.830. The molecule has 2 N–H and O–H groups in total. The second-order valence-electron chi connectivity index (χ2n) is 3.08. The Labute approximate surface area is 66.2 Å². The first-order valence-electron chi connectivity index (χ1n) is 4.12. The Morgan fingerprint density at radius 2 is 2.45 bits per heavy atom. The van der Waals surface area contributed by atoms with Crippen molar-refractivity contribution in [1.82, 2.24) is 9.55 Å². The zero-order valence-corrected chi connectivity index (χ0v) is 6.53. The molecular formula is C8H13N3. The summed E-state index contributed by atoms with van der Waals surface area (Å²) in [5, 5.41) is 0. The Balaban J connectivity index is 2.20. The second-order valence-corrected chi connectivity index (χ2v) is 3.08. The predicted octanol–water partition coefficient (Wildman–Crippen LogP) is 1.07. The fourth-order valence-electron chi connectivity index (χ4n) is 1.48. The number of nitrogens with two attached hydrogens (primary N) is 1. The van der Waals surface area contributed by atoms with Crippen molar-refractivity contribution in [1.29, 1.82) is 0 Å². The standard InChI is InChI=1S/C8H13N3/c9-4-8-5-10-6-11(8)7-2-1-3-7/h5-7H,1-4,9H2. The zero-order valence-electron chi connectivity index (χ0n) is 6.53. The van der Waals surface area contributed by atoms with Gasteiger partial charge in [-0.3, -0.25) is 0 Å². The monoisotopic (exact) mass is 151 g/mol. The van der Waals surface area contributed by atoms with Gasteiger partial charge in [0, 0.05) is 18.8 Å². The van der Waals surface area contributed by atoms with Gasteiger partial charge in [-0.05, 0) is 19.3 Å². The SMILES string of the molecule is NCc1cncn1C1CCC1. The Kier molecular flexibility index (Phi) is 1.66. The molecule has 1 aromatic heterocycles. The summed E-state index contributed by atoms with van der Waals surface area (Å²) >= 11 is 0. The van der Waals surface area contributed by atoms with Crippen molar-refractivity contribution < 1.29 is 0 Å². The fourth-order valence-corrected chi connectivity index (χ4v) is 1.48. The average molecular weight is 151 g/mol. The van der Waals surface area contributed by atoms with Crippen molar-refractivity contribution in [2.75, 3.05) is 0 Å². The van der Waals surface area contributed by atoms with Crippen LogP contribution in [0.2, 0.25) is 0 Å². The van der Waals surface area contributed by atoms with E-state index in [0.717, 1.165) is 5.69 Å². The Morgan fingerprint density at radius 3 is 3.00 bits per heavy atom. The van der Waals surface area contributed by atoms with E-state index in [4.69, 9.17) is 5.73 Å². The maximum Gasteiger partial charge on any atom is 0.0951 e. The summed E-state index contributed by atoms with van der Waals surface area (Å²) in [6, 6.07) is 0.691. The van der Waals surface area contributed by atoms with Gasteiger partial charge >= 0.3 is 0 Å². The average Bonchev–Trinajstić information content (AvgIpc) is 2.32. The van der Waals surface area contributed by atoms with E-state index in [1.165, 1.54) is 19.3 Å². The normalized spacial score (nSPS) is 18.3. The lowest BCUT2D eigenvalue weighted by molar-refractivity contribution is 0.307. The minimum Gasteiger partial charge on any atom is -0.330 e. The smallest absolute Gasteiger partial charge is 0.0951 e. The summed E-state index contributed by atoms with van der Waals surface area (Å²) in [7, 11) is 0. The van der Waals surface area contributed by atoms with Gasteiger partial charge in [0.25, 0.3) is 0 Å². The first-order valence-corrected chi connectivity index (χ1v) is 4.12. The molecule has 1 fully saturated rings. The molecule has 1 heterocycles. The Bertz CT molecular complexity index is 237. The topological polar surface area (TPSA) is 43.8 Å². The molecule has 0 unspecified atom stereocenters. The number of hydrogen-bond acceptors (Lipinski definition) is 2. The third-order valence-corrected chi connectivity index (χ3v) is 2.42. The summed E-state index contributed by atoms with van der Waals surface area (Å²) < 4.78 is 2.21. The number of nitrogens with zero attached hydrogens (tertiary/aromatic N) is 2. The van der Waals surface area contributed by atoms with E-state index in [1.54, 1.807) is 0 Å². The van der Waals surface area contributed by atoms with Gasteiger partial charge in [0.05, 0.1) is 12.0 Å². The van der Waals surface area contributed by atoms with Crippen LogP contribution in [0.1, 0.15) is 31.0 Å². The number of hydrogen-bond donors (Lipinski definition) is 1. The third kappa shape index (κ3) is 1.05. The molecule has 3 nitrogen and oxygen atoms in total. The van der Waals surface area contributed by atoms with E-state index in [1.807, 2.05) is 12.5 Å². The van der Waals surface area contributed by atoms with E-state index in [0.29, 0.717) is 12.6 Å². The van der Waals surface area contributed by atoms with Crippen LogP contribution >= 0.6 is 0 Å². The highest BCUT2D eigenvalue weighted by Gasteiger charge is 2.20. The van der Waals surface area contributed by atoms with Gasteiger partial charge in [0.2, 0.25) is 0 Å². The summed E-state index contributed by atoms with van der Waals surface area (Å²) in [4.78, 5) is 4.08. The largest absolute Gasteiger partial charge is 0.330 e. The quantitative estimate of drug-likeness (QED) is 0.687. The first kappa shape index (κ1) is 6.85.